The van der Waals surface area contributed by atoms with Gasteiger partial charge in [-0.15, -0.1) is 0 Å². The van der Waals surface area contributed by atoms with Crippen molar-refractivity contribution in [1.29, 1.82) is 0 Å². The summed E-state index contributed by atoms with van der Waals surface area (Å²) in [4.78, 5) is 130. The van der Waals surface area contributed by atoms with Crippen LogP contribution < -0.4 is 54.4 Å². The first kappa shape index (κ1) is 66.0. The van der Waals surface area contributed by atoms with Gasteiger partial charge in [0, 0.05) is 38.3 Å². The normalized spacial score (nSPS) is 26.0. The van der Waals surface area contributed by atoms with Crippen LogP contribution in [0.2, 0.25) is 0 Å². The molecule has 34 heteroatoms. The van der Waals surface area contributed by atoms with E-state index in [0.717, 1.165) is 39.5 Å². The molecule has 7 amide bonds. The van der Waals surface area contributed by atoms with E-state index in [1.54, 1.807) is 0 Å². The van der Waals surface area contributed by atoms with Crippen LogP contribution in [0.25, 0.3) is 0 Å². The third kappa shape index (κ3) is 21.2. The van der Waals surface area contributed by atoms with Crippen molar-refractivity contribution >= 4 is 77.0 Å². The molecule has 33 nitrogen and oxygen atoms in total. The number of nitrogens with zero attached hydrogens (tertiary/aromatic N) is 1. The van der Waals surface area contributed by atoms with Gasteiger partial charge in [0.05, 0.1) is 13.2 Å². The molecule has 2 aliphatic rings. The van der Waals surface area contributed by atoms with E-state index in [1.165, 1.54) is 6.92 Å². The Labute approximate surface area is 438 Å². The number of hydrogen-bond acceptors (Lipinski definition) is 22. The van der Waals surface area contributed by atoms with Crippen LogP contribution in [-0.4, -0.2) is 241 Å². The van der Waals surface area contributed by atoms with Crippen LogP contribution in [0.15, 0.2) is 4.99 Å². The summed E-state index contributed by atoms with van der Waals surface area (Å²) in [6.45, 7) is 3.95. The highest BCUT2D eigenvalue weighted by Gasteiger charge is 2.53. The number of ether oxygens (including phenoxy) is 4. The number of carboxylic acid groups (broad SMARTS) is 3. The van der Waals surface area contributed by atoms with Gasteiger partial charge in [-0.3, -0.25) is 43.3 Å². The van der Waals surface area contributed by atoms with Crippen molar-refractivity contribution in [2.24, 2.45) is 22.2 Å². The third-order valence-corrected chi connectivity index (χ3v) is 12.5. The van der Waals surface area contributed by atoms with Gasteiger partial charge in [-0.25, -0.2) is 9.59 Å². The minimum Gasteiger partial charge on any atom is -0.480 e. The molecule has 432 valence electrons. The molecular formula is C42H71N11O22S. The molecule has 2 saturated heterocycles. The molecule has 0 aromatic carbocycles. The zero-order chi connectivity index (χ0) is 57.7. The monoisotopic (exact) mass is 1110 g/mol. The van der Waals surface area contributed by atoms with Crippen LogP contribution in [0.3, 0.4) is 0 Å². The summed E-state index contributed by atoms with van der Waals surface area (Å²) >= 11 is 0.828. The van der Waals surface area contributed by atoms with Gasteiger partial charge in [0.25, 0.3) is 0 Å². The predicted molar refractivity (Wildman–Crippen MR) is 258 cm³/mol. The first-order chi connectivity index (χ1) is 35.5. The minimum atomic E-state index is -1.93. The second-order valence-electron chi connectivity index (χ2n) is 17.6. The number of thioether (sulfide) groups is 1. The van der Waals surface area contributed by atoms with Gasteiger partial charge in [0.15, 0.2) is 18.5 Å². The number of aliphatic hydroxyl groups excluding tert-OH is 5. The maximum atomic E-state index is 13.6. The summed E-state index contributed by atoms with van der Waals surface area (Å²) in [6.07, 6.45) is -16.4. The lowest BCUT2D eigenvalue weighted by molar-refractivity contribution is -0.333. The molecule has 2 heterocycles. The number of nitrogens with two attached hydrogens (primary N) is 3. The molecular weight excluding hydrogens is 1040 g/mol. The van der Waals surface area contributed by atoms with E-state index in [0.29, 0.717) is 0 Å². The van der Waals surface area contributed by atoms with Gasteiger partial charge in [0.2, 0.25) is 41.4 Å². The average molecular weight is 1110 g/mol. The molecule has 0 saturated carbocycles. The fourth-order valence-corrected chi connectivity index (χ4v) is 8.32. The highest BCUT2D eigenvalue weighted by atomic mass is 32.2. The second kappa shape index (κ2) is 31.8. The maximum Gasteiger partial charge on any atom is 0.326 e. The van der Waals surface area contributed by atoms with E-state index in [2.05, 4.69) is 42.2 Å². The molecule has 17 atom stereocenters. The van der Waals surface area contributed by atoms with Crippen LogP contribution in [0.4, 0.5) is 0 Å². The number of aliphatic imine (C=N–C) groups is 1. The molecule has 0 aromatic heterocycles. The van der Waals surface area contributed by atoms with Crippen LogP contribution in [0.1, 0.15) is 60.3 Å². The Morgan fingerprint density at radius 3 is 1.70 bits per heavy atom. The Bertz CT molecular complexity index is 2060. The summed E-state index contributed by atoms with van der Waals surface area (Å²) in [5, 5.41) is 97.2. The Balaban J connectivity index is 2.21. The quantitative estimate of drug-likeness (QED) is 0.0174. The number of carbonyl (C=O) groups is 10. The van der Waals surface area contributed by atoms with Crippen molar-refractivity contribution in [2.75, 3.05) is 31.3 Å². The fourth-order valence-electron chi connectivity index (χ4n) is 7.32. The Hall–Kier alpha value is -6.08. The molecule has 76 heavy (non-hydrogen) atoms. The lowest BCUT2D eigenvalue weighted by atomic mass is 9.94. The number of rotatable bonds is 31. The number of hydrogen-bond donors (Lipinski definition) is 18. The molecule has 0 spiro atoms. The van der Waals surface area contributed by atoms with Gasteiger partial charge < -0.3 is 114 Å². The molecule has 0 radical (unpaired) electrons. The van der Waals surface area contributed by atoms with E-state index in [4.69, 9.17) is 36.1 Å². The fraction of sp³-hybridized carbons (Fsp3) is 0.738. The zero-order valence-corrected chi connectivity index (χ0v) is 42.9. The van der Waals surface area contributed by atoms with E-state index in [9.17, 15) is 88.8 Å². The zero-order valence-electron chi connectivity index (χ0n) is 42.1. The van der Waals surface area contributed by atoms with Crippen molar-refractivity contribution in [3.8, 4) is 0 Å². The lowest BCUT2D eigenvalue weighted by Crippen LogP contribution is -2.70. The summed E-state index contributed by atoms with van der Waals surface area (Å²) in [5.74, 6) is -11.7. The van der Waals surface area contributed by atoms with Crippen LogP contribution in [-0.2, 0) is 66.9 Å². The summed E-state index contributed by atoms with van der Waals surface area (Å²) in [6, 6.07) is -12.1. The van der Waals surface area contributed by atoms with E-state index in [-0.39, 0.29) is 36.9 Å². The molecule has 0 bridgehead atoms. The van der Waals surface area contributed by atoms with Gasteiger partial charge in [-0.1, -0.05) is 0 Å². The van der Waals surface area contributed by atoms with Crippen LogP contribution in [0.5, 0.6) is 0 Å². The standard InChI is InChI=1S/C42H71N11O22S/c1-15(47-35(63)17(3)72-32-28(50-19(5)57)40(71)73-25(12-55)31(32)75-41-27(49-18(4)56)30(60)29(59)24(11-54)74-41)33(61)53-22(39(69)70)8-9-26(58)51-23(14-76-13-20(43)37(65)66)36(64)48-16(2)34(62)52-21(38(67)68)7-6-10-46-42(44)45/h15-17,20-25,27-32,40-41,54-55,59-60,71H,6-14,43H2,1-5H3,(H,47,63)(H,48,64)(H,49,56)(H,50,57)(H,51,58)(H,52,62)(H,53,61)(H,65,66)(H,67,68)(H,69,70)(H4,44,45,46). The van der Waals surface area contributed by atoms with E-state index < -0.39 is 189 Å². The Morgan fingerprint density at radius 1 is 0.645 bits per heavy atom. The van der Waals surface area contributed by atoms with Crippen molar-refractivity contribution in [2.45, 2.75) is 164 Å². The molecule has 0 aliphatic carbocycles. The van der Waals surface area contributed by atoms with Crippen molar-refractivity contribution in [1.82, 2.24) is 37.2 Å². The predicted octanol–water partition coefficient (Wildman–Crippen LogP) is -9.08. The number of aliphatic hydroxyl groups is 5. The Kier molecular flexibility index (Phi) is 27.7. The van der Waals surface area contributed by atoms with Crippen molar-refractivity contribution < 1.29 is 108 Å². The first-order valence-electron chi connectivity index (χ1n) is 23.5. The first-order valence-corrected chi connectivity index (χ1v) is 24.7. The van der Waals surface area contributed by atoms with Crippen LogP contribution >= 0.6 is 11.8 Å². The number of nitrogens with one attached hydrogen (secondary N) is 7. The lowest BCUT2D eigenvalue weighted by Gasteiger charge is -2.48. The van der Waals surface area contributed by atoms with E-state index in [1.807, 2.05) is 0 Å². The minimum absolute atomic E-state index is 0.0632. The number of carbonyl (C=O) groups excluding carboxylic acids is 7. The molecule has 17 unspecified atom stereocenters. The van der Waals surface area contributed by atoms with Gasteiger partial charge in [-0.2, -0.15) is 11.8 Å². The number of amides is 7. The third-order valence-electron chi connectivity index (χ3n) is 11.4. The van der Waals surface area contributed by atoms with Gasteiger partial charge >= 0.3 is 17.9 Å². The summed E-state index contributed by atoms with van der Waals surface area (Å²) in [5.41, 5.74) is 16.1. The van der Waals surface area contributed by atoms with Gasteiger partial charge in [-0.05, 0) is 40.0 Å². The number of carboxylic acids is 3. The Morgan fingerprint density at radius 2 is 1.18 bits per heavy atom. The SMILES string of the molecule is CC(=O)NC1C(OC2C(CO)OC(O)C(NC(C)=O)C2OC(C)C(=O)NC(C)C(=O)NC(CCC(=O)NC(CSCC(N)C(=O)O)C(=O)NC(C)C(=O)NC(CCCN=C(N)N)C(=O)O)C(=O)O)OC(CO)C(O)C1O. The van der Waals surface area contributed by atoms with Gasteiger partial charge in [0.1, 0.15) is 91.1 Å². The largest absolute Gasteiger partial charge is 0.480 e. The van der Waals surface area contributed by atoms with Crippen LogP contribution in [0, 0.1) is 0 Å². The highest BCUT2D eigenvalue weighted by Crippen LogP contribution is 2.31. The summed E-state index contributed by atoms with van der Waals surface area (Å²) < 4.78 is 23.1. The molecule has 2 fully saturated rings. The van der Waals surface area contributed by atoms with Crippen molar-refractivity contribution in [3.63, 3.8) is 0 Å². The topological polar surface area (TPSA) is 544 Å². The maximum absolute atomic E-state index is 13.6. The second-order valence-corrected chi connectivity index (χ2v) is 18.7. The molecule has 21 N–H and O–H groups in total. The van der Waals surface area contributed by atoms with Crippen molar-refractivity contribution in [3.05, 3.63) is 0 Å². The molecule has 0 aromatic rings. The average Bonchev–Trinajstić information content (AvgIpc) is 3.33. The van der Waals surface area contributed by atoms with E-state index >= 15 is 0 Å². The number of guanidine groups is 1. The molecule has 2 rings (SSSR count). The molecule has 2 aliphatic heterocycles. The summed E-state index contributed by atoms with van der Waals surface area (Å²) in [7, 11) is 0. The number of aliphatic carboxylic acids is 3. The smallest absolute Gasteiger partial charge is 0.326 e. The highest BCUT2D eigenvalue weighted by molar-refractivity contribution is 7.99.